The molecule has 0 aliphatic rings. The Kier molecular flexibility index (Phi) is 8.57. The molecule has 0 radical (unpaired) electrons. The molecule has 0 aromatic heterocycles. The highest BCUT2D eigenvalue weighted by molar-refractivity contribution is 5.87. The second kappa shape index (κ2) is 10.2. The molecule has 0 aliphatic carbocycles. The van der Waals surface area contributed by atoms with E-state index in [1.807, 2.05) is 6.07 Å². The first-order valence-corrected chi connectivity index (χ1v) is 8.49. The summed E-state index contributed by atoms with van der Waals surface area (Å²) >= 11 is 0. The maximum atomic E-state index is 11.8. The van der Waals surface area contributed by atoms with Crippen LogP contribution in [0.2, 0.25) is 0 Å². The van der Waals surface area contributed by atoms with Gasteiger partial charge in [-0.2, -0.15) is 0 Å². The van der Waals surface area contributed by atoms with Gasteiger partial charge in [-0.3, -0.25) is 0 Å². The molecule has 0 saturated carbocycles. The van der Waals surface area contributed by atoms with E-state index in [0.29, 0.717) is 11.5 Å². The van der Waals surface area contributed by atoms with Crippen molar-refractivity contribution in [2.45, 2.75) is 71.3 Å². The van der Waals surface area contributed by atoms with Gasteiger partial charge in [0.25, 0.3) is 0 Å². The van der Waals surface area contributed by atoms with E-state index in [1.165, 1.54) is 18.4 Å². The third-order valence-corrected chi connectivity index (χ3v) is 3.96. The summed E-state index contributed by atoms with van der Waals surface area (Å²) in [6.07, 6.45) is 6.34. The number of carbonyl (C=O) groups is 1. The van der Waals surface area contributed by atoms with Crippen molar-refractivity contribution in [3.8, 4) is 0 Å². The summed E-state index contributed by atoms with van der Waals surface area (Å²) in [6.45, 7) is 9.73. The van der Waals surface area contributed by atoms with Gasteiger partial charge in [0.15, 0.2) is 0 Å². The Morgan fingerprint density at radius 3 is 2.36 bits per heavy atom. The van der Waals surface area contributed by atoms with Crippen LogP contribution < -0.4 is 0 Å². The molecule has 0 fully saturated rings. The van der Waals surface area contributed by atoms with Crippen LogP contribution in [0.5, 0.6) is 0 Å². The number of hydrogen-bond acceptors (Lipinski definition) is 2. The lowest BCUT2D eigenvalue weighted by Gasteiger charge is -2.24. The number of unbranched alkanes of at least 4 members (excludes halogenated alkanes) is 1. The number of benzene rings is 1. The van der Waals surface area contributed by atoms with Crippen molar-refractivity contribution in [1.29, 1.82) is 0 Å². The van der Waals surface area contributed by atoms with Crippen LogP contribution in [-0.2, 0) is 9.53 Å². The maximum absolute atomic E-state index is 11.8. The fourth-order valence-electron chi connectivity index (χ4n) is 2.71. The van der Waals surface area contributed by atoms with Gasteiger partial charge < -0.3 is 4.74 Å². The molecule has 2 unspecified atom stereocenters. The zero-order chi connectivity index (χ0) is 16.4. The van der Waals surface area contributed by atoms with Crippen LogP contribution in [0.15, 0.2) is 42.5 Å². The van der Waals surface area contributed by atoms with Crippen LogP contribution in [0.1, 0.15) is 70.8 Å². The third-order valence-electron chi connectivity index (χ3n) is 3.96. The van der Waals surface area contributed by atoms with Gasteiger partial charge >= 0.3 is 5.97 Å². The lowest BCUT2D eigenvalue weighted by molar-refractivity contribution is -0.145. The van der Waals surface area contributed by atoms with Gasteiger partial charge in [-0.25, -0.2) is 4.79 Å². The molecular formula is C20H30O2. The van der Waals surface area contributed by atoms with Gasteiger partial charge in [0.05, 0.1) is 0 Å². The number of ether oxygens (including phenoxy) is 1. The molecule has 2 heteroatoms. The first-order valence-electron chi connectivity index (χ1n) is 8.49. The summed E-state index contributed by atoms with van der Waals surface area (Å²) in [4.78, 5) is 11.8. The molecule has 22 heavy (non-hydrogen) atoms. The van der Waals surface area contributed by atoms with E-state index in [1.54, 1.807) is 6.92 Å². The highest BCUT2D eigenvalue weighted by Crippen LogP contribution is 2.29. The van der Waals surface area contributed by atoms with Gasteiger partial charge in [0.2, 0.25) is 0 Å². The SMILES string of the molecule is C=C(C)C(=O)OC(CCC)CC(CCCC)c1ccccc1. The molecule has 2 atom stereocenters. The molecule has 0 saturated heterocycles. The zero-order valence-corrected chi connectivity index (χ0v) is 14.3. The number of rotatable bonds is 10. The zero-order valence-electron chi connectivity index (χ0n) is 14.3. The summed E-state index contributed by atoms with van der Waals surface area (Å²) in [5.41, 5.74) is 1.83. The van der Waals surface area contributed by atoms with Crippen LogP contribution in [0.25, 0.3) is 0 Å². The molecule has 1 rings (SSSR count). The quantitative estimate of drug-likeness (QED) is 0.413. The van der Waals surface area contributed by atoms with Crippen molar-refractivity contribution in [3.63, 3.8) is 0 Å². The van der Waals surface area contributed by atoms with E-state index >= 15 is 0 Å². The van der Waals surface area contributed by atoms with Crippen LogP contribution in [0.3, 0.4) is 0 Å². The Labute approximate surface area is 135 Å². The minimum absolute atomic E-state index is 0.0173. The number of carbonyl (C=O) groups excluding carboxylic acids is 1. The van der Waals surface area contributed by atoms with E-state index < -0.39 is 0 Å². The van der Waals surface area contributed by atoms with Crippen LogP contribution in [0.4, 0.5) is 0 Å². The minimum atomic E-state index is -0.263. The van der Waals surface area contributed by atoms with Crippen molar-refractivity contribution in [2.75, 3.05) is 0 Å². The molecule has 0 heterocycles. The fraction of sp³-hybridized carbons (Fsp3) is 0.550. The first kappa shape index (κ1) is 18.5. The fourth-order valence-corrected chi connectivity index (χ4v) is 2.71. The normalized spacial score (nSPS) is 13.4. The molecule has 0 spiro atoms. The van der Waals surface area contributed by atoms with Crippen LogP contribution in [0, 0.1) is 0 Å². The van der Waals surface area contributed by atoms with Crippen molar-refractivity contribution in [1.82, 2.24) is 0 Å². The van der Waals surface area contributed by atoms with Crippen molar-refractivity contribution in [2.24, 2.45) is 0 Å². The molecule has 2 nitrogen and oxygen atoms in total. The Bertz CT molecular complexity index is 450. The molecule has 1 aromatic carbocycles. The number of esters is 1. The second-order valence-electron chi connectivity index (χ2n) is 6.08. The van der Waals surface area contributed by atoms with Crippen LogP contribution >= 0.6 is 0 Å². The average Bonchev–Trinajstić information content (AvgIpc) is 2.52. The Balaban J connectivity index is 2.78. The molecule has 0 aliphatic heterocycles. The summed E-state index contributed by atoms with van der Waals surface area (Å²) in [6, 6.07) is 10.6. The lowest BCUT2D eigenvalue weighted by Crippen LogP contribution is -2.21. The summed E-state index contributed by atoms with van der Waals surface area (Å²) in [7, 11) is 0. The van der Waals surface area contributed by atoms with Crippen molar-refractivity contribution < 1.29 is 9.53 Å². The van der Waals surface area contributed by atoms with Gasteiger partial charge in [-0.05, 0) is 37.7 Å². The lowest BCUT2D eigenvalue weighted by atomic mass is 9.87. The predicted octanol–water partition coefficient (Wildman–Crippen LogP) is 5.64. The summed E-state index contributed by atoms with van der Waals surface area (Å²) in [5.74, 6) is 0.191. The Hall–Kier alpha value is -1.57. The van der Waals surface area contributed by atoms with Gasteiger partial charge in [0.1, 0.15) is 6.10 Å². The van der Waals surface area contributed by atoms with Crippen LogP contribution in [-0.4, -0.2) is 12.1 Å². The largest absolute Gasteiger partial charge is 0.459 e. The Morgan fingerprint density at radius 2 is 1.82 bits per heavy atom. The molecule has 1 aromatic rings. The highest BCUT2D eigenvalue weighted by atomic mass is 16.5. The smallest absolute Gasteiger partial charge is 0.333 e. The minimum Gasteiger partial charge on any atom is -0.459 e. The highest BCUT2D eigenvalue weighted by Gasteiger charge is 2.21. The molecule has 0 bridgehead atoms. The maximum Gasteiger partial charge on any atom is 0.333 e. The van der Waals surface area contributed by atoms with E-state index in [4.69, 9.17) is 4.74 Å². The molecule has 0 amide bonds. The average molecular weight is 302 g/mol. The molecule has 0 N–H and O–H groups in total. The van der Waals surface area contributed by atoms with Gasteiger partial charge in [-0.1, -0.05) is 70.0 Å². The Morgan fingerprint density at radius 1 is 1.14 bits per heavy atom. The summed E-state index contributed by atoms with van der Waals surface area (Å²) in [5, 5.41) is 0. The topological polar surface area (TPSA) is 26.3 Å². The first-order chi connectivity index (χ1) is 10.6. The molecule has 122 valence electrons. The monoisotopic (exact) mass is 302 g/mol. The number of hydrogen-bond donors (Lipinski definition) is 0. The van der Waals surface area contributed by atoms with Gasteiger partial charge in [-0.15, -0.1) is 0 Å². The van der Waals surface area contributed by atoms with Crippen molar-refractivity contribution in [3.05, 3.63) is 48.0 Å². The van der Waals surface area contributed by atoms with Crippen molar-refractivity contribution >= 4 is 5.97 Å². The second-order valence-corrected chi connectivity index (χ2v) is 6.08. The standard InChI is InChI=1S/C20H30O2/c1-5-7-12-18(17-13-9-8-10-14-17)15-19(11-6-2)22-20(21)16(3)4/h8-10,13-14,18-19H,3,5-7,11-12,15H2,1-2,4H3. The third kappa shape index (κ3) is 6.46. The summed E-state index contributed by atoms with van der Waals surface area (Å²) < 4.78 is 5.65. The molecular weight excluding hydrogens is 272 g/mol. The van der Waals surface area contributed by atoms with E-state index in [0.717, 1.165) is 25.7 Å². The van der Waals surface area contributed by atoms with E-state index in [9.17, 15) is 4.79 Å². The van der Waals surface area contributed by atoms with E-state index in [2.05, 4.69) is 44.7 Å². The predicted molar refractivity (Wildman–Crippen MR) is 92.9 cm³/mol. The van der Waals surface area contributed by atoms with Gasteiger partial charge in [0, 0.05) is 5.57 Å². The van der Waals surface area contributed by atoms with E-state index in [-0.39, 0.29) is 12.1 Å².